The molecule has 1 aliphatic rings. The standard InChI is InChI=1S/C24H24N4O5/c1-2-3-12-31-18-7-5-17(6-8-18)23-26-24(30)19(27-28-23)9-11-22(29)25-14-16-4-10-20-21(13-16)33-15-32-20/h2,4-8,10,13H,1,3,9,11-12,14-15H2,(H,25,29)(H,26,28,30). The van der Waals surface area contributed by atoms with Gasteiger partial charge in [-0.15, -0.1) is 16.8 Å². The Morgan fingerprint density at radius 3 is 2.76 bits per heavy atom. The van der Waals surface area contributed by atoms with Crippen LogP contribution in [0.25, 0.3) is 11.4 Å². The van der Waals surface area contributed by atoms with E-state index in [-0.39, 0.29) is 36.8 Å². The molecule has 9 nitrogen and oxygen atoms in total. The highest BCUT2D eigenvalue weighted by Gasteiger charge is 2.14. The molecule has 2 heterocycles. The highest BCUT2D eigenvalue weighted by molar-refractivity contribution is 5.76. The topological polar surface area (TPSA) is 115 Å². The molecule has 0 saturated heterocycles. The number of hydrogen-bond acceptors (Lipinski definition) is 7. The van der Waals surface area contributed by atoms with Crippen molar-refractivity contribution in [3.63, 3.8) is 0 Å². The van der Waals surface area contributed by atoms with E-state index in [0.717, 1.165) is 17.7 Å². The first-order valence-corrected chi connectivity index (χ1v) is 10.6. The molecule has 0 radical (unpaired) electrons. The molecule has 1 amide bonds. The molecule has 4 rings (SSSR count). The second-order valence-corrected chi connectivity index (χ2v) is 7.36. The van der Waals surface area contributed by atoms with Gasteiger partial charge in [-0.05, 0) is 48.4 Å². The van der Waals surface area contributed by atoms with Crippen LogP contribution in [0.2, 0.25) is 0 Å². The summed E-state index contributed by atoms with van der Waals surface area (Å²) in [5, 5.41) is 11.0. The molecule has 0 bridgehead atoms. The number of aromatic nitrogens is 3. The number of benzene rings is 2. The van der Waals surface area contributed by atoms with Crippen LogP contribution in [-0.2, 0) is 17.8 Å². The molecule has 0 aliphatic carbocycles. The first kappa shape index (κ1) is 22.1. The van der Waals surface area contributed by atoms with Crippen molar-refractivity contribution in [2.45, 2.75) is 25.8 Å². The van der Waals surface area contributed by atoms with Gasteiger partial charge in [0, 0.05) is 24.9 Å². The smallest absolute Gasteiger partial charge is 0.273 e. The zero-order valence-corrected chi connectivity index (χ0v) is 18.0. The van der Waals surface area contributed by atoms with E-state index >= 15 is 0 Å². The predicted molar refractivity (Wildman–Crippen MR) is 121 cm³/mol. The SMILES string of the molecule is C=CCCOc1ccc(-c2nnc(CCC(=O)NCc3ccc4c(c3)OCO4)c(=O)[nH]2)cc1. The molecule has 0 spiro atoms. The number of nitrogens with one attached hydrogen (secondary N) is 2. The van der Waals surface area contributed by atoms with Crippen LogP contribution in [0.5, 0.6) is 17.2 Å². The fourth-order valence-corrected chi connectivity index (χ4v) is 3.19. The molecule has 0 unspecified atom stereocenters. The van der Waals surface area contributed by atoms with Gasteiger partial charge in [0.2, 0.25) is 12.7 Å². The number of ether oxygens (including phenoxy) is 3. The maximum Gasteiger partial charge on any atom is 0.273 e. The van der Waals surface area contributed by atoms with Crippen molar-refractivity contribution >= 4 is 5.91 Å². The Morgan fingerprint density at radius 1 is 1.15 bits per heavy atom. The Kier molecular flexibility index (Phi) is 6.99. The number of nitrogens with zero attached hydrogens (tertiary/aromatic N) is 2. The quantitative estimate of drug-likeness (QED) is 0.362. The first-order chi connectivity index (χ1) is 16.1. The fraction of sp³-hybridized carbons (Fsp3) is 0.250. The van der Waals surface area contributed by atoms with Gasteiger partial charge in [0.15, 0.2) is 17.3 Å². The first-order valence-electron chi connectivity index (χ1n) is 10.6. The third-order valence-corrected chi connectivity index (χ3v) is 5.00. The Bertz CT molecular complexity index is 1190. The zero-order valence-electron chi connectivity index (χ0n) is 18.0. The molecular formula is C24H24N4O5. The second kappa shape index (κ2) is 10.4. The van der Waals surface area contributed by atoms with Gasteiger partial charge in [-0.2, -0.15) is 0 Å². The van der Waals surface area contributed by atoms with E-state index in [1.54, 1.807) is 30.3 Å². The number of H-pyrrole nitrogens is 1. The summed E-state index contributed by atoms with van der Waals surface area (Å²) in [5.74, 6) is 2.25. The molecule has 170 valence electrons. The minimum absolute atomic E-state index is 0.123. The van der Waals surface area contributed by atoms with Crippen molar-refractivity contribution in [3.8, 4) is 28.6 Å². The number of hydrogen-bond donors (Lipinski definition) is 2. The molecule has 3 aromatic rings. The van der Waals surface area contributed by atoms with Crippen LogP contribution >= 0.6 is 0 Å². The van der Waals surface area contributed by atoms with E-state index in [4.69, 9.17) is 14.2 Å². The summed E-state index contributed by atoms with van der Waals surface area (Å²) in [5.41, 5.74) is 1.45. The molecule has 2 N–H and O–H groups in total. The molecule has 1 aliphatic heterocycles. The van der Waals surface area contributed by atoms with Crippen molar-refractivity contribution in [1.29, 1.82) is 0 Å². The predicted octanol–water partition coefficient (Wildman–Crippen LogP) is 2.76. The van der Waals surface area contributed by atoms with Gasteiger partial charge in [-0.1, -0.05) is 12.1 Å². The molecule has 9 heteroatoms. The van der Waals surface area contributed by atoms with Crippen LogP contribution in [0.4, 0.5) is 0 Å². The average molecular weight is 448 g/mol. The lowest BCUT2D eigenvalue weighted by Gasteiger charge is -2.07. The molecular weight excluding hydrogens is 424 g/mol. The summed E-state index contributed by atoms with van der Waals surface area (Å²) in [6.45, 7) is 4.77. The molecule has 0 saturated carbocycles. The summed E-state index contributed by atoms with van der Waals surface area (Å²) >= 11 is 0. The molecule has 2 aromatic carbocycles. The molecule has 0 atom stereocenters. The van der Waals surface area contributed by atoms with Crippen molar-refractivity contribution < 1.29 is 19.0 Å². The van der Waals surface area contributed by atoms with Gasteiger partial charge in [-0.25, -0.2) is 0 Å². The van der Waals surface area contributed by atoms with Gasteiger partial charge in [0.05, 0.1) is 6.61 Å². The number of rotatable bonds is 10. The average Bonchev–Trinajstić information content (AvgIpc) is 3.30. The van der Waals surface area contributed by atoms with E-state index in [1.165, 1.54) is 0 Å². The van der Waals surface area contributed by atoms with Crippen molar-refractivity contribution in [1.82, 2.24) is 20.5 Å². The Labute approximate surface area is 190 Å². The largest absolute Gasteiger partial charge is 0.493 e. The van der Waals surface area contributed by atoms with E-state index in [1.807, 2.05) is 18.2 Å². The van der Waals surface area contributed by atoms with Gasteiger partial charge in [0.25, 0.3) is 5.56 Å². The summed E-state index contributed by atoms with van der Waals surface area (Å²) in [6.07, 6.45) is 2.86. The Morgan fingerprint density at radius 2 is 1.97 bits per heavy atom. The van der Waals surface area contributed by atoms with Crippen molar-refractivity contribution in [3.05, 3.63) is 76.7 Å². The van der Waals surface area contributed by atoms with Crippen molar-refractivity contribution in [2.75, 3.05) is 13.4 Å². The van der Waals surface area contributed by atoms with Gasteiger partial charge in [0.1, 0.15) is 11.4 Å². The van der Waals surface area contributed by atoms with Crippen molar-refractivity contribution in [2.24, 2.45) is 0 Å². The highest BCUT2D eigenvalue weighted by atomic mass is 16.7. The van der Waals surface area contributed by atoms with Crippen LogP contribution in [0.1, 0.15) is 24.1 Å². The normalized spacial score (nSPS) is 11.8. The van der Waals surface area contributed by atoms with Crippen LogP contribution in [-0.4, -0.2) is 34.5 Å². The summed E-state index contributed by atoms with van der Waals surface area (Å²) in [7, 11) is 0. The summed E-state index contributed by atoms with van der Waals surface area (Å²) in [6, 6.07) is 12.7. The van der Waals surface area contributed by atoms with E-state index in [0.29, 0.717) is 36.0 Å². The van der Waals surface area contributed by atoms with Crippen LogP contribution in [0.15, 0.2) is 59.9 Å². The fourth-order valence-electron chi connectivity index (χ4n) is 3.19. The number of carbonyl (C=O) groups is 1. The lowest BCUT2D eigenvalue weighted by Crippen LogP contribution is -2.25. The van der Waals surface area contributed by atoms with E-state index < -0.39 is 0 Å². The lowest BCUT2D eigenvalue weighted by molar-refractivity contribution is -0.121. The van der Waals surface area contributed by atoms with E-state index in [2.05, 4.69) is 27.1 Å². The molecule has 0 fully saturated rings. The number of amides is 1. The van der Waals surface area contributed by atoms with E-state index in [9.17, 15) is 9.59 Å². The Balaban J connectivity index is 1.28. The monoisotopic (exact) mass is 448 g/mol. The zero-order chi connectivity index (χ0) is 23.0. The minimum atomic E-state index is -0.366. The number of fused-ring (bicyclic) bond motifs is 1. The number of aromatic amines is 1. The molecule has 33 heavy (non-hydrogen) atoms. The minimum Gasteiger partial charge on any atom is -0.493 e. The van der Waals surface area contributed by atoms with Gasteiger partial charge in [-0.3, -0.25) is 9.59 Å². The van der Waals surface area contributed by atoms with Crippen LogP contribution in [0.3, 0.4) is 0 Å². The van der Waals surface area contributed by atoms with Gasteiger partial charge < -0.3 is 24.5 Å². The maximum absolute atomic E-state index is 12.4. The van der Waals surface area contributed by atoms with Gasteiger partial charge >= 0.3 is 0 Å². The Hall–Kier alpha value is -4.14. The lowest BCUT2D eigenvalue weighted by atomic mass is 10.2. The number of aryl methyl sites for hydroxylation is 1. The summed E-state index contributed by atoms with van der Waals surface area (Å²) in [4.78, 5) is 27.3. The molecule has 1 aromatic heterocycles. The highest BCUT2D eigenvalue weighted by Crippen LogP contribution is 2.32. The number of carbonyl (C=O) groups excluding carboxylic acids is 1. The van der Waals surface area contributed by atoms with Crippen LogP contribution < -0.4 is 25.1 Å². The third-order valence-electron chi connectivity index (χ3n) is 5.00. The second-order valence-electron chi connectivity index (χ2n) is 7.36. The van der Waals surface area contributed by atoms with Crippen LogP contribution in [0, 0.1) is 0 Å². The maximum atomic E-state index is 12.4. The third kappa shape index (κ3) is 5.76. The summed E-state index contributed by atoms with van der Waals surface area (Å²) < 4.78 is 16.2.